The van der Waals surface area contributed by atoms with E-state index in [4.69, 9.17) is 14.2 Å². The fraction of sp³-hybridized carbons (Fsp3) is 0.851. The number of hydrogen-bond donors (Lipinski definition) is 0. The smallest absolute Gasteiger partial charge is 0.309 e. The zero-order valence-corrected chi connectivity index (χ0v) is 36.2. The second-order valence-corrected chi connectivity index (χ2v) is 18.0. The van der Waals surface area contributed by atoms with Gasteiger partial charge in [0.05, 0.1) is 32.5 Å². The highest BCUT2D eigenvalue weighted by molar-refractivity contribution is 5.71. The summed E-state index contributed by atoms with van der Waals surface area (Å²) < 4.78 is 17.0. The van der Waals surface area contributed by atoms with Crippen LogP contribution in [0.25, 0.3) is 0 Å². The average molecular weight is 760 g/mol. The number of allylic oxidation sites excluding steroid dienone is 2. The molecule has 0 amide bonds. The van der Waals surface area contributed by atoms with Gasteiger partial charge in [-0.15, -0.1) is 0 Å². The fourth-order valence-electron chi connectivity index (χ4n) is 8.18. The van der Waals surface area contributed by atoms with E-state index in [2.05, 4.69) is 58.8 Å². The number of carbonyl (C=O) groups is 3. The molecule has 1 heterocycles. The lowest BCUT2D eigenvalue weighted by atomic mass is 9.73. The summed E-state index contributed by atoms with van der Waals surface area (Å²) in [5.74, 6) is -0.291. The minimum Gasteiger partial charge on any atom is -0.465 e. The monoisotopic (exact) mass is 760 g/mol. The highest BCUT2D eigenvalue weighted by Crippen LogP contribution is 2.37. The van der Waals surface area contributed by atoms with Gasteiger partial charge >= 0.3 is 17.9 Å². The highest BCUT2D eigenvalue weighted by Gasteiger charge is 2.32. The summed E-state index contributed by atoms with van der Waals surface area (Å²) in [4.78, 5) is 39.6. The van der Waals surface area contributed by atoms with Gasteiger partial charge in [-0.05, 0) is 95.6 Å². The molecular formula is C47H85NO6. The molecule has 1 aliphatic rings. The van der Waals surface area contributed by atoms with Crippen molar-refractivity contribution in [3.8, 4) is 0 Å². The molecule has 7 nitrogen and oxygen atoms in total. The summed E-state index contributed by atoms with van der Waals surface area (Å²) in [6.45, 7) is 11.0. The molecule has 7 heteroatoms. The van der Waals surface area contributed by atoms with E-state index in [1.807, 2.05) is 12.2 Å². The lowest BCUT2D eigenvalue weighted by Crippen LogP contribution is -2.34. The van der Waals surface area contributed by atoms with E-state index in [0.29, 0.717) is 32.5 Å². The molecule has 0 radical (unpaired) electrons. The molecule has 1 rings (SSSR count). The number of esters is 3. The van der Waals surface area contributed by atoms with Gasteiger partial charge in [0.25, 0.3) is 0 Å². The lowest BCUT2D eigenvalue weighted by molar-refractivity contribution is -0.152. The summed E-state index contributed by atoms with van der Waals surface area (Å²) in [6, 6.07) is 0. The maximum Gasteiger partial charge on any atom is 0.309 e. The minimum atomic E-state index is -0.127. The fourth-order valence-corrected chi connectivity index (χ4v) is 8.18. The number of cyclic esters (lactones) is 2. The normalized spacial score (nSPS) is 21.6. The Hall–Kier alpha value is -2.15. The molecule has 0 unspecified atom stereocenters. The Morgan fingerprint density at radius 1 is 0.593 bits per heavy atom. The van der Waals surface area contributed by atoms with Gasteiger partial charge < -0.3 is 19.1 Å². The van der Waals surface area contributed by atoms with Crippen LogP contribution in [0.5, 0.6) is 0 Å². The molecule has 0 N–H and O–H groups in total. The molecule has 0 bridgehead atoms. The van der Waals surface area contributed by atoms with Crippen molar-refractivity contribution >= 4 is 17.9 Å². The van der Waals surface area contributed by atoms with Crippen LogP contribution in [0.3, 0.4) is 0 Å². The third-order valence-corrected chi connectivity index (χ3v) is 10.4. The maximum absolute atomic E-state index is 13.3. The predicted octanol–water partition coefficient (Wildman–Crippen LogP) is 12.6. The molecule has 0 aliphatic carbocycles. The minimum absolute atomic E-state index is 0.0121. The Bertz CT molecular complexity index is 962. The van der Waals surface area contributed by atoms with Crippen LogP contribution in [0.1, 0.15) is 207 Å². The van der Waals surface area contributed by atoms with Gasteiger partial charge in [-0.25, -0.2) is 0 Å². The maximum atomic E-state index is 13.3. The van der Waals surface area contributed by atoms with E-state index < -0.39 is 0 Å². The topological polar surface area (TPSA) is 82.1 Å². The van der Waals surface area contributed by atoms with E-state index in [1.54, 1.807) is 0 Å². The first-order valence-electron chi connectivity index (χ1n) is 22.3. The first-order valence-corrected chi connectivity index (χ1v) is 22.3. The van der Waals surface area contributed by atoms with E-state index >= 15 is 0 Å². The van der Waals surface area contributed by atoms with Crippen molar-refractivity contribution in [3.05, 3.63) is 24.3 Å². The summed E-state index contributed by atoms with van der Waals surface area (Å²) in [7, 11) is 4.23. The van der Waals surface area contributed by atoms with E-state index in [0.717, 1.165) is 90.0 Å². The summed E-state index contributed by atoms with van der Waals surface area (Å²) in [5.41, 5.74) is 0.0204. The zero-order valence-electron chi connectivity index (χ0n) is 36.2. The lowest BCUT2D eigenvalue weighted by Gasteiger charge is -2.36. The van der Waals surface area contributed by atoms with Crippen molar-refractivity contribution in [3.63, 3.8) is 0 Å². The third kappa shape index (κ3) is 32.1. The number of nitrogens with zero attached hydrogens (tertiary/aromatic N) is 1. The standard InChI is InChI=1S/C47H85NO6/c1-46(2,40-47(3,4)41-48(5)6)39-45(51)54-42-33-27-21-15-9-7-11-17-23-29-35-43(49)52-37-31-25-19-13-14-20-26-32-38-53-44(50)36-30-24-18-12-8-10-16-22-28-34-42/h23-24,29-30,42H,7-22,25-28,31-41H2,1-6H3/b29-23-,30-24-. The van der Waals surface area contributed by atoms with E-state index in [1.165, 1.54) is 77.0 Å². The molecule has 0 aromatic carbocycles. The third-order valence-electron chi connectivity index (χ3n) is 10.4. The molecule has 54 heavy (non-hydrogen) atoms. The van der Waals surface area contributed by atoms with Gasteiger partial charge in [0.15, 0.2) is 0 Å². The Morgan fingerprint density at radius 3 is 1.41 bits per heavy atom. The number of carbonyl (C=O) groups excluding carboxylic acids is 3. The van der Waals surface area contributed by atoms with Crippen molar-refractivity contribution < 1.29 is 28.6 Å². The summed E-state index contributed by atoms with van der Waals surface area (Å²) in [5, 5.41) is 0. The Labute approximate surface area is 333 Å². The van der Waals surface area contributed by atoms with Crippen LogP contribution in [0.4, 0.5) is 0 Å². The van der Waals surface area contributed by atoms with E-state index in [-0.39, 0.29) is 34.8 Å². The van der Waals surface area contributed by atoms with Crippen LogP contribution in [0.15, 0.2) is 24.3 Å². The Morgan fingerprint density at radius 2 is 0.981 bits per heavy atom. The quantitative estimate of drug-likeness (QED) is 0.145. The van der Waals surface area contributed by atoms with Crippen molar-refractivity contribution in [1.82, 2.24) is 4.90 Å². The van der Waals surface area contributed by atoms with Gasteiger partial charge in [0, 0.05) is 6.54 Å². The van der Waals surface area contributed by atoms with Gasteiger partial charge in [0.1, 0.15) is 6.10 Å². The molecule has 0 saturated carbocycles. The first-order chi connectivity index (χ1) is 25.9. The van der Waals surface area contributed by atoms with Crippen LogP contribution in [-0.2, 0) is 28.6 Å². The van der Waals surface area contributed by atoms with Gasteiger partial charge in [-0.2, -0.15) is 0 Å². The number of ether oxygens (including phenoxy) is 3. The Balaban J connectivity index is 2.58. The SMILES string of the molecule is CN(C)CC(C)(C)CC(C)(C)CC(=O)OC1CCCCCCCC/C=C\CC(=O)OCCCCCCCCCCOC(=O)C/C=C\CCCCCCCC1. The van der Waals surface area contributed by atoms with Crippen molar-refractivity contribution in [1.29, 1.82) is 0 Å². The van der Waals surface area contributed by atoms with E-state index in [9.17, 15) is 14.4 Å². The Kier molecular flexibility index (Phi) is 29.5. The van der Waals surface area contributed by atoms with Crippen molar-refractivity contribution in [2.24, 2.45) is 10.8 Å². The molecule has 0 spiro atoms. The molecule has 1 aliphatic heterocycles. The predicted molar refractivity (Wildman–Crippen MR) is 225 cm³/mol. The summed E-state index contributed by atoms with van der Waals surface area (Å²) in [6.07, 6.45) is 37.2. The van der Waals surface area contributed by atoms with Gasteiger partial charge in [-0.3, -0.25) is 14.4 Å². The first kappa shape index (κ1) is 49.9. The number of hydrogen-bond acceptors (Lipinski definition) is 7. The molecule has 0 saturated heterocycles. The van der Waals surface area contributed by atoms with Crippen molar-refractivity contribution in [2.75, 3.05) is 33.9 Å². The molecular weight excluding hydrogens is 675 g/mol. The molecule has 0 aromatic rings. The van der Waals surface area contributed by atoms with Crippen LogP contribution < -0.4 is 0 Å². The summed E-state index contributed by atoms with van der Waals surface area (Å²) >= 11 is 0. The molecule has 314 valence electrons. The molecule has 0 aromatic heterocycles. The molecule has 0 fully saturated rings. The van der Waals surface area contributed by atoms with Crippen LogP contribution >= 0.6 is 0 Å². The largest absolute Gasteiger partial charge is 0.465 e. The van der Waals surface area contributed by atoms with Gasteiger partial charge in [0.2, 0.25) is 0 Å². The average Bonchev–Trinajstić information content (AvgIpc) is 3.07. The number of rotatable bonds is 7. The van der Waals surface area contributed by atoms with Crippen LogP contribution in [-0.4, -0.2) is 62.8 Å². The zero-order chi connectivity index (χ0) is 39.8. The van der Waals surface area contributed by atoms with Crippen LogP contribution in [0, 0.1) is 10.8 Å². The van der Waals surface area contributed by atoms with Crippen LogP contribution in [0.2, 0.25) is 0 Å². The second-order valence-electron chi connectivity index (χ2n) is 18.0. The molecule has 0 atom stereocenters. The van der Waals surface area contributed by atoms with Crippen molar-refractivity contribution in [2.45, 2.75) is 214 Å². The second kappa shape index (κ2) is 32.0. The highest BCUT2D eigenvalue weighted by atomic mass is 16.5. The van der Waals surface area contributed by atoms with Gasteiger partial charge in [-0.1, -0.05) is 142 Å².